The number of anilines is 1. The van der Waals surface area contributed by atoms with Gasteiger partial charge in [0.05, 0.1) is 5.56 Å². The van der Waals surface area contributed by atoms with Crippen molar-refractivity contribution >= 4 is 11.8 Å². The highest BCUT2D eigenvalue weighted by molar-refractivity contribution is 5.91. The monoisotopic (exact) mass is 208 g/mol. The highest BCUT2D eigenvalue weighted by Crippen LogP contribution is 2.15. The molecule has 0 aliphatic heterocycles. The minimum absolute atomic E-state index is 0.368. The number of nitrogens with two attached hydrogens (primary N) is 1. The van der Waals surface area contributed by atoms with E-state index in [-0.39, 0.29) is 5.97 Å². The van der Waals surface area contributed by atoms with Gasteiger partial charge in [-0.3, -0.25) is 0 Å². The van der Waals surface area contributed by atoms with Gasteiger partial charge in [-0.15, -0.1) is 0 Å². The van der Waals surface area contributed by atoms with E-state index < -0.39 is 5.60 Å². The Bertz CT molecular complexity index is 381. The van der Waals surface area contributed by atoms with Crippen molar-refractivity contribution in [2.24, 2.45) is 0 Å². The van der Waals surface area contributed by atoms with Crippen LogP contribution >= 0.6 is 0 Å². The van der Waals surface area contributed by atoms with E-state index >= 15 is 0 Å². The van der Waals surface area contributed by atoms with Crippen LogP contribution in [0.4, 0.5) is 5.82 Å². The lowest BCUT2D eigenvalue weighted by Gasteiger charge is -2.19. The Labute approximate surface area is 89.5 Å². The summed E-state index contributed by atoms with van der Waals surface area (Å²) in [5.41, 5.74) is 6.23. The number of hydrogen-bond donors (Lipinski definition) is 1. The minimum Gasteiger partial charge on any atom is -0.456 e. The number of carbonyl (C=O) groups excluding carboxylic acids is 1. The summed E-state index contributed by atoms with van der Waals surface area (Å²) >= 11 is 0. The first-order valence-electron chi connectivity index (χ1n) is 4.75. The van der Waals surface area contributed by atoms with Crippen LogP contribution in [0.3, 0.4) is 0 Å². The van der Waals surface area contributed by atoms with E-state index in [1.165, 1.54) is 6.20 Å². The van der Waals surface area contributed by atoms with Crippen LogP contribution in [0, 0.1) is 6.92 Å². The van der Waals surface area contributed by atoms with Gasteiger partial charge >= 0.3 is 5.97 Å². The van der Waals surface area contributed by atoms with Gasteiger partial charge < -0.3 is 10.5 Å². The maximum atomic E-state index is 11.7. The predicted octanol–water partition coefficient (Wildman–Crippen LogP) is 1.93. The van der Waals surface area contributed by atoms with E-state index in [0.29, 0.717) is 11.4 Å². The number of carbonyl (C=O) groups is 1. The minimum atomic E-state index is -0.495. The van der Waals surface area contributed by atoms with Crippen LogP contribution in [0.1, 0.15) is 36.7 Å². The largest absolute Gasteiger partial charge is 0.456 e. The molecule has 1 aromatic heterocycles. The van der Waals surface area contributed by atoms with Gasteiger partial charge in [-0.2, -0.15) is 0 Å². The summed E-state index contributed by atoms with van der Waals surface area (Å²) in [6, 6.07) is 1.65. The SMILES string of the molecule is Cc1cc(N)ncc1C(=O)OC(C)(C)C. The first kappa shape index (κ1) is 11.5. The molecule has 0 unspecified atom stereocenters. The number of ether oxygens (including phenoxy) is 1. The molecule has 0 aromatic carbocycles. The molecule has 82 valence electrons. The van der Waals surface area contributed by atoms with Gasteiger partial charge in [0.1, 0.15) is 11.4 Å². The molecule has 1 rings (SSSR count). The maximum absolute atomic E-state index is 11.7. The molecule has 4 heteroatoms. The Morgan fingerprint density at radius 3 is 2.53 bits per heavy atom. The molecule has 0 radical (unpaired) electrons. The first-order valence-corrected chi connectivity index (χ1v) is 4.75. The number of aryl methyl sites for hydroxylation is 1. The van der Waals surface area contributed by atoms with Gasteiger partial charge in [0.25, 0.3) is 0 Å². The van der Waals surface area contributed by atoms with Crippen molar-refractivity contribution in [2.45, 2.75) is 33.3 Å². The fourth-order valence-corrected chi connectivity index (χ4v) is 1.12. The summed E-state index contributed by atoms with van der Waals surface area (Å²) in [6.45, 7) is 7.28. The third-order valence-electron chi connectivity index (χ3n) is 1.75. The maximum Gasteiger partial charge on any atom is 0.340 e. The Morgan fingerprint density at radius 1 is 1.47 bits per heavy atom. The third-order valence-corrected chi connectivity index (χ3v) is 1.75. The lowest BCUT2D eigenvalue weighted by atomic mass is 10.1. The quantitative estimate of drug-likeness (QED) is 0.716. The Kier molecular flexibility index (Phi) is 2.98. The van der Waals surface area contributed by atoms with Crippen molar-refractivity contribution in [1.29, 1.82) is 0 Å². The Morgan fingerprint density at radius 2 is 2.07 bits per heavy atom. The molecule has 0 fully saturated rings. The number of nitrogen functional groups attached to an aromatic ring is 1. The molecule has 0 saturated heterocycles. The predicted molar refractivity (Wildman–Crippen MR) is 58.6 cm³/mol. The molecule has 0 bridgehead atoms. The highest BCUT2D eigenvalue weighted by Gasteiger charge is 2.19. The topological polar surface area (TPSA) is 65.2 Å². The zero-order valence-corrected chi connectivity index (χ0v) is 9.50. The number of hydrogen-bond acceptors (Lipinski definition) is 4. The second-order valence-electron chi connectivity index (χ2n) is 4.43. The average Bonchev–Trinajstić information content (AvgIpc) is 1.99. The summed E-state index contributed by atoms with van der Waals surface area (Å²) in [5, 5.41) is 0. The Balaban J connectivity index is 2.92. The summed E-state index contributed by atoms with van der Waals surface area (Å²) in [4.78, 5) is 15.6. The fraction of sp³-hybridized carbons (Fsp3) is 0.455. The van der Waals surface area contributed by atoms with Gasteiger partial charge in [0.15, 0.2) is 0 Å². The molecule has 2 N–H and O–H groups in total. The van der Waals surface area contributed by atoms with Crippen LogP contribution in [0.5, 0.6) is 0 Å². The van der Waals surface area contributed by atoms with E-state index in [2.05, 4.69) is 4.98 Å². The summed E-state index contributed by atoms with van der Waals surface area (Å²) < 4.78 is 5.22. The van der Waals surface area contributed by atoms with Gasteiger partial charge in [-0.05, 0) is 39.3 Å². The van der Waals surface area contributed by atoms with Crippen LogP contribution in [0.25, 0.3) is 0 Å². The van der Waals surface area contributed by atoms with Crippen molar-refractivity contribution in [2.75, 3.05) is 5.73 Å². The number of aromatic nitrogens is 1. The smallest absolute Gasteiger partial charge is 0.340 e. The normalized spacial score (nSPS) is 11.2. The number of rotatable bonds is 1. The molecular weight excluding hydrogens is 192 g/mol. The first-order chi connectivity index (χ1) is 6.79. The number of nitrogens with zero attached hydrogens (tertiary/aromatic N) is 1. The van der Waals surface area contributed by atoms with Crippen molar-refractivity contribution in [3.8, 4) is 0 Å². The van der Waals surface area contributed by atoms with Gasteiger partial charge in [0.2, 0.25) is 0 Å². The summed E-state index contributed by atoms with van der Waals surface area (Å²) in [5.74, 6) is 0.0345. The van der Waals surface area contributed by atoms with E-state index in [1.54, 1.807) is 13.0 Å². The number of esters is 1. The highest BCUT2D eigenvalue weighted by atomic mass is 16.6. The second kappa shape index (κ2) is 3.88. The van der Waals surface area contributed by atoms with Gasteiger partial charge in [-0.1, -0.05) is 0 Å². The van der Waals surface area contributed by atoms with Crippen LogP contribution < -0.4 is 5.73 Å². The standard InChI is InChI=1S/C11H16N2O2/c1-7-5-9(12)13-6-8(7)10(14)15-11(2,3)4/h5-6H,1-4H3,(H2,12,13). The zero-order valence-electron chi connectivity index (χ0n) is 9.50. The third kappa shape index (κ3) is 3.23. The van der Waals surface area contributed by atoms with E-state index in [0.717, 1.165) is 5.56 Å². The van der Waals surface area contributed by atoms with E-state index in [4.69, 9.17) is 10.5 Å². The van der Waals surface area contributed by atoms with Gasteiger partial charge in [-0.25, -0.2) is 9.78 Å². The van der Waals surface area contributed by atoms with Crippen LogP contribution in [-0.4, -0.2) is 16.6 Å². The van der Waals surface area contributed by atoms with Gasteiger partial charge in [0, 0.05) is 6.20 Å². The molecule has 0 aliphatic rings. The van der Waals surface area contributed by atoms with E-state index in [9.17, 15) is 4.79 Å². The number of pyridine rings is 1. The van der Waals surface area contributed by atoms with Crippen molar-refractivity contribution in [1.82, 2.24) is 4.98 Å². The molecule has 0 aliphatic carbocycles. The lowest BCUT2D eigenvalue weighted by Crippen LogP contribution is -2.24. The van der Waals surface area contributed by atoms with Crippen molar-refractivity contribution < 1.29 is 9.53 Å². The zero-order chi connectivity index (χ0) is 11.6. The molecular formula is C11H16N2O2. The molecule has 15 heavy (non-hydrogen) atoms. The fourth-order valence-electron chi connectivity index (χ4n) is 1.12. The molecule has 0 amide bonds. The Hall–Kier alpha value is -1.58. The molecule has 0 saturated carbocycles. The van der Waals surface area contributed by atoms with Crippen LogP contribution in [0.15, 0.2) is 12.3 Å². The molecule has 0 spiro atoms. The van der Waals surface area contributed by atoms with Crippen molar-refractivity contribution in [3.05, 3.63) is 23.4 Å². The van der Waals surface area contributed by atoms with Crippen molar-refractivity contribution in [3.63, 3.8) is 0 Å². The summed E-state index contributed by atoms with van der Waals surface area (Å²) in [6.07, 6.45) is 1.44. The lowest BCUT2D eigenvalue weighted by molar-refractivity contribution is 0.00684. The molecule has 4 nitrogen and oxygen atoms in total. The second-order valence-corrected chi connectivity index (χ2v) is 4.43. The van der Waals surface area contributed by atoms with Crippen LogP contribution in [-0.2, 0) is 4.74 Å². The van der Waals surface area contributed by atoms with E-state index in [1.807, 2.05) is 20.8 Å². The summed E-state index contributed by atoms with van der Waals surface area (Å²) in [7, 11) is 0. The van der Waals surface area contributed by atoms with Crippen LogP contribution in [0.2, 0.25) is 0 Å². The average molecular weight is 208 g/mol. The molecule has 0 atom stereocenters. The molecule has 1 aromatic rings. The molecule has 1 heterocycles.